The summed E-state index contributed by atoms with van der Waals surface area (Å²) in [6, 6.07) is 8.07. The minimum absolute atomic E-state index is 0.170. The fraction of sp³-hybridized carbons (Fsp3) is 0.444. The van der Waals surface area contributed by atoms with E-state index in [9.17, 15) is 9.59 Å². The first kappa shape index (κ1) is 16.5. The molecule has 0 radical (unpaired) electrons. The van der Waals surface area contributed by atoms with Crippen LogP contribution in [0.5, 0.6) is 5.88 Å². The Morgan fingerprint density at radius 3 is 2.46 bits per heavy atom. The Kier molecular flexibility index (Phi) is 4.32. The maximum atomic E-state index is 12.7. The van der Waals surface area contributed by atoms with Gasteiger partial charge in [0.15, 0.2) is 0 Å². The number of hydrogen-bond acceptors (Lipinski definition) is 4. The van der Waals surface area contributed by atoms with Crippen molar-refractivity contribution < 1.29 is 9.47 Å². The van der Waals surface area contributed by atoms with Crippen LogP contribution in [0.2, 0.25) is 0 Å². The van der Waals surface area contributed by atoms with Crippen molar-refractivity contribution in [1.29, 1.82) is 0 Å². The SMILES string of the molecule is CCO[C@H]1C[C@H](c2ccc(C)cc2)c2c(n(C)c(=O)n(C)c2=O)O1. The number of ether oxygens (including phenoxy) is 2. The molecule has 0 amide bonds. The van der Waals surface area contributed by atoms with Crippen molar-refractivity contribution in [3.05, 3.63) is 61.8 Å². The zero-order chi connectivity index (χ0) is 17.4. The van der Waals surface area contributed by atoms with E-state index in [1.54, 1.807) is 7.05 Å². The molecule has 6 heteroatoms. The molecule has 0 saturated heterocycles. The fourth-order valence-electron chi connectivity index (χ4n) is 3.16. The van der Waals surface area contributed by atoms with Gasteiger partial charge in [-0.2, -0.15) is 0 Å². The second-order valence-electron chi connectivity index (χ2n) is 6.13. The number of hydrogen-bond donors (Lipinski definition) is 0. The monoisotopic (exact) mass is 330 g/mol. The van der Waals surface area contributed by atoms with Gasteiger partial charge in [-0.15, -0.1) is 0 Å². The predicted molar refractivity (Wildman–Crippen MR) is 90.6 cm³/mol. The van der Waals surface area contributed by atoms with Crippen molar-refractivity contribution in [1.82, 2.24) is 9.13 Å². The molecule has 1 aliphatic heterocycles. The number of aryl methyl sites for hydroxylation is 1. The number of aromatic nitrogens is 2. The van der Waals surface area contributed by atoms with Crippen LogP contribution in [0.4, 0.5) is 0 Å². The van der Waals surface area contributed by atoms with Crippen LogP contribution < -0.4 is 16.0 Å². The van der Waals surface area contributed by atoms with Crippen LogP contribution in [-0.4, -0.2) is 22.0 Å². The van der Waals surface area contributed by atoms with E-state index in [2.05, 4.69) is 0 Å². The van der Waals surface area contributed by atoms with E-state index in [1.165, 1.54) is 11.6 Å². The molecule has 1 aromatic carbocycles. The maximum absolute atomic E-state index is 12.7. The summed E-state index contributed by atoms with van der Waals surface area (Å²) in [6.07, 6.45) is 0.0589. The number of rotatable bonds is 3. The lowest BCUT2D eigenvalue weighted by Crippen LogP contribution is -2.44. The molecule has 0 aliphatic carbocycles. The number of benzene rings is 1. The smallest absolute Gasteiger partial charge is 0.333 e. The fourth-order valence-corrected chi connectivity index (χ4v) is 3.16. The van der Waals surface area contributed by atoms with Crippen molar-refractivity contribution in [3.8, 4) is 5.88 Å². The second kappa shape index (κ2) is 6.28. The van der Waals surface area contributed by atoms with Crippen LogP contribution in [0.1, 0.15) is 36.0 Å². The molecule has 24 heavy (non-hydrogen) atoms. The molecule has 0 N–H and O–H groups in total. The largest absolute Gasteiger partial charge is 0.449 e. The van der Waals surface area contributed by atoms with E-state index >= 15 is 0 Å². The maximum Gasteiger partial charge on any atom is 0.333 e. The third-order valence-corrected chi connectivity index (χ3v) is 4.50. The van der Waals surface area contributed by atoms with Crippen LogP contribution in [-0.2, 0) is 18.8 Å². The van der Waals surface area contributed by atoms with E-state index in [0.29, 0.717) is 24.5 Å². The normalized spacial score (nSPS) is 19.7. The summed E-state index contributed by atoms with van der Waals surface area (Å²) in [5, 5.41) is 0. The minimum atomic E-state index is -0.480. The molecule has 0 unspecified atom stereocenters. The summed E-state index contributed by atoms with van der Waals surface area (Å²) < 4.78 is 14.0. The van der Waals surface area contributed by atoms with Crippen molar-refractivity contribution in [2.75, 3.05) is 6.61 Å². The van der Waals surface area contributed by atoms with Gasteiger partial charge in [-0.05, 0) is 19.4 Å². The van der Waals surface area contributed by atoms with Crippen molar-refractivity contribution in [2.24, 2.45) is 14.1 Å². The minimum Gasteiger partial charge on any atom is -0.449 e. The Labute approximate surface area is 140 Å². The van der Waals surface area contributed by atoms with Gasteiger partial charge >= 0.3 is 5.69 Å². The third kappa shape index (κ3) is 2.67. The van der Waals surface area contributed by atoms with Gasteiger partial charge in [-0.25, -0.2) is 4.79 Å². The molecule has 0 fully saturated rings. The van der Waals surface area contributed by atoms with Crippen LogP contribution in [0, 0.1) is 6.92 Å². The first-order valence-electron chi connectivity index (χ1n) is 8.08. The van der Waals surface area contributed by atoms with E-state index in [4.69, 9.17) is 9.47 Å². The van der Waals surface area contributed by atoms with Gasteiger partial charge in [0.05, 0.1) is 5.56 Å². The highest BCUT2D eigenvalue weighted by molar-refractivity contribution is 5.40. The zero-order valence-corrected chi connectivity index (χ0v) is 14.4. The second-order valence-corrected chi connectivity index (χ2v) is 6.13. The van der Waals surface area contributed by atoms with Gasteiger partial charge in [-0.3, -0.25) is 13.9 Å². The predicted octanol–water partition coefficient (Wildman–Crippen LogP) is 1.67. The molecule has 3 rings (SSSR count). The van der Waals surface area contributed by atoms with Gasteiger partial charge in [0.1, 0.15) is 0 Å². The average Bonchev–Trinajstić information content (AvgIpc) is 2.58. The molecular weight excluding hydrogens is 308 g/mol. The molecular formula is C18H22N2O4. The highest BCUT2D eigenvalue weighted by Crippen LogP contribution is 2.37. The Morgan fingerprint density at radius 1 is 1.17 bits per heavy atom. The van der Waals surface area contributed by atoms with Crippen LogP contribution in [0.25, 0.3) is 0 Å². The average molecular weight is 330 g/mol. The number of fused-ring (bicyclic) bond motifs is 1. The lowest BCUT2D eigenvalue weighted by molar-refractivity contribution is -0.0943. The Hall–Kier alpha value is -2.34. The van der Waals surface area contributed by atoms with E-state index in [1.807, 2.05) is 38.1 Å². The molecule has 2 heterocycles. The topological polar surface area (TPSA) is 62.5 Å². The Morgan fingerprint density at radius 2 is 1.83 bits per heavy atom. The first-order valence-corrected chi connectivity index (χ1v) is 8.08. The highest BCUT2D eigenvalue weighted by atomic mass is 16.7. The lowest BCUT2D eigenvalue weighted by Gasteiger charge is -2.32. The van der Waals surface area contributed by atoms with Crippen LogP contribution in [0.15, 0.2) is 33.9 Å². The van der Waals surface area contributed by atoms with E-state index in [0.717, 1.165) is 15.7 Å². The molecule has 1 aliphatic rings. The standard InChI is InChI=1S/C18H22N2O4/c1-5-23-14-10-13(12-8-6-11(2)7-9-12)15-16(21)19(3)18(22)20(4)17(15)24-14/h6-9,13-14H,5,10H2,1-4H3/t13-,14-/m1/s1. The quantitative estimate of drug-likeness (QED) is 0.859. The molecule has 6 nitrogen and oxygen atoms in total. The van der Waals surface area contributed by atoms with Gasteiger partial charge in [0.2, 0.25) is 12.2 Å². The summed E-state index contributed by atoms with van der Waals surface area (Å²) in [7, 11) is 3.10. The van der Waals surface area contributed by atoms with E-state index in [-0.39, 0.29) is 11.5 Å². The molecule has 128 valence electrons. The summed E-state index contributed by atoms with van der Waals surface area (Å²) in [5.41, 5.74) is 1.97. The summed E-state index contributed by atoms with van der Waals surface area (Å²) >= 11 is 0. The molecule has 0 bridgehead atoms. The van der Waals surface area contributed by atoms with Crippen LogP contribution in [0.3, 0.4) is 0 Å². The Bertz CT molecular complexity index is 864. The molecule has 0 saturated carbocycles. The van der Waals surface area contributed by atoms with Gasteiger partial charge in [0, 0.05) is 33.0 Å². The molecule has 1 aromatic heterocycles. The number of nitrogens with zero attached hydrogens (tertiary/aromatic N) is 2. The van der Waals surface area contributed by atoms with Crippen LogP contribution >= 0.6 is 0 Å². The molecule has 2 aromatic rings. The van der Waals surface area contributed by atoms with Crippen molar-refractivity contribution in [3.63, 3.8) is 0 Å². The summed E-state index contributed by atoms with van der Waals surface area (Å²) in [4.78, 5) is 24.9. The first-order chi connectivity index (χ1) is 11.4. The van der Waals surface area contributed by atoms with Gasteiger partial charge < -0.3 is 9.47 Å². The Balaban J connectivity index is 2.22. The van der Waals surface area contributed by atoms with E-state index < -0.39 is 12.0 Å². The lowest BCUT2D eigenvalue weighted by atomic mass is 9.87. The summed E-state index contributed by atoms with van der Waals surface area (Å²) in [6.45, 7) is 4.41. The van der Waals surface area contributed by atoms with Crippen molar-refractivity contribution in [2.45, 2.75) is 32.5 Å². The highest BCUT2D eigenvalue weighted by Gasteiger charge is 2.35. The summed E-state index contributed by atoms with van der Waals surface area (Å²) in [5.74, 6) is 0.134. The third-order valence-electron chi connectivity index (χ3n) is 4.50. The van der Waals surface area contributed by atoms with Gasteiger partial charge in [-0.1, -0.05) is 29.8 Å². The van der Waals surface area contributed by atoms with Crippen molar-refractivity contribution >= 4 is 0 Å². The zero-order valence-electron chi connectivity index (χ0n) is 14.4. The molecule has 0 spiro atoms. The van der Waals surface area contributed by atoms with Gasteiger partial charge in [0.25, 0.3) is 5.56 Å². The molecule has 2 atom stereocenters.